The van der Waals surface area contributed by atoms with Gasteiger partial charge in [-0.2, -0.15) is 0 Å². The largest absolute Gasteiger partial charge is 0.463 e. The Balaban J connectivity index is 1.68. The number of carbonyl (C=O) groups is 3. The Morgan fingerprint density at radius 3 is 2.69 bits per heavy atom. The Bertz CT molecular complexity index is 1040. The number of piperazine rings is 1. The molecule has 1 aliphatic carbocycles. The first-order chi connectivity index (χ1) is 16.8. The zero-order valence-electron chi connectivity index (χ0n) is 20.3. The summed E-state index contributed by atoms with van der Waals surface area (Å²) in [6.45, 7) is 10.4. The van der Waals surface area contributed by atoms with Crippen molar-refractivity contribution in [3.05, 3.63) is 58.8 Å². The molecule has 0 bridgehead atoms. The van der Waals surface area contributed by atoms with Crippen LogP contribution in [0.3, 0.4) is 0 Å². The molecule has 2 atom stereocenters. The molecular weight excluding hydrogens is 468 g/mol. The lowest BCUT2D eigenvalue weighted by Crippen LogP contribution is -2.56. The molecule has 4 rings (SSSR count). The molecule has 1 N–H and O–H groups in total. The number of rotatable bonds is 8. The van der Waals surface area contributed by atoms with E-state index in [-0.39, 0.29) is 37.0 Å². The summed E-state index contributed by atoms with van der Waals surface area (Å²) < 4.78 is 5.44. The molecule has 2 aliphatic heterocycles. The van der Waals surface area contributed by atoms with Crippen LogP contribution in [0.2, 0.25) is 5.02 Å². The van der Waals surface area contributed by atoms with Crippen LogP contribution < -0.4 is 5.32 Å². The second-order valence-corrected chi connectivity index (χ2v) is 9.74. The lowest BCUT2D eigenvalue weighted by atomic mass is 9.94. The van der Waals surface area contributed by atoms with Gasteiger partial charge in [-0.25, -0.2) is 9.59 Å². The van der Waals surface area contributed by atoms with Gasteiger partial charge in [-0.05, 0) is 44.4 Å². The number of nitrogens with zero attached hydrogens (tertiary/aromatic N) is 3. The van der Waals surface area contributed by atoms with Gasteiger partial charge in [0.25, 0.3) is 0 Å². The summed E-state index contributed by atoms with van der Waals surface area (Å²) in [7, 11) is 0. The fraction of sp³-hybridized carbons (Fsp3) is 0.500. The van der Waals surface area contributed by atoms with Gasteiger partial charge in [0.05, 0.1) is 18.2 Å². The van der Waals surface area contributed by atoms with E-state index < -0.39 is 12.0 Å². The van der Waals surface area contributed by atoms with Crippen LogP contribution in [-0.2, 0) is 14.3 Å². The van der Waals surface area contributed by atoms with Crippen molar-refractivity contribution in [2.45, 2.75) is 38.8 Å². The van der Waals surface area contributed by atoms with Crippen LogP contribution in [-0.4, -0.2) is 78.0 Å². The summed E-state index contributed by atoms with van der Waals surface area (Å²) in [6.07, 6.45) is 3.60. The van der Waals surface area contributed by atoms with E-state index in [1.807, 2.05) is 11.0 Å². The van der Waals surface area contributed by atoms with Crippen LogP contribution >= 0.6 is 11.6 Å². The number of hydrogen-bond acceptors (Lipinski definition) is 5. The summed E-state index contributed by atoms with van der Waals surface area (Å²) in [5.41, 5.74) is 1.68. The van der Waals surface area contributed by atoms with E-state index in [0.29, 0.717) is 48.0 Å². The van der Waals surface area contributed by atoms with Crippen molar-refractivity contribution in [1.82, 2.24) is 20.0 Å². The number of halogens is 1. The van der Waals surface area contributed by atoms with Gasteiger partial charge in [0.1, 0.15) is 0 Å². The van der Waals surface area contributed by atoms with E-state index in [9.17, 15) is 14.4 Å². The molecule has 8 nitrogen and oxygen atoms in total. The predicted octanol–water partition coefficient (Wildman–Crippen LogP) is 3.35. The predicted molar refractivity (Wildman–Crippen MR) is 134 cm³/mol. The minimum Gasteiger partial charge on any atom is -0.463 e. The molecule has 0 radical (unpaired) electrons. The number of esters is 1. The minimum atomic E-state index is -0.688. The fourth-order valence-corrected chi connectivity index (χ4v) is 5.06. The summed E-state index contributed by atoms with van der Waals surface area (Å²) in [4.78, 5) is 44.8. The normalized spacial score (nSPS) is 23.2. The number of ether oxygens (including phenoxy) is 1. The van der Waals surface area contributed by atoms with Crippen molar-refractivity contribution in [3.8, 4) is 0 Å². The van der Waals surface area contributed by atoms with E-state index >= 15 is 0 Å². The minimum absolute atomic E-state index is 0.0532. The summed E-state index contributed by atoms with van der Waals surface area (Å²) in [6, 6.07) is 6.17. The third-order valence-electron chi connectivity index (χ3n) is 6.72. The topological polar surface area (TPSA) is 82.2 Å². The van der Waals surface area contributed by atoms with Gasteiger partial charge in [0.2, 0.25) is 5.91 Å². The smallest absolute Gasteiger partial charge is 0.338 e. The first-order valence-electron chi connectivity index (χ1n) is 12.2. The number of urea groups is 1. The maximum absolute atomic E-state index is 13.3. The lowest BCUT2D eigenvalue weighted by molar-refractivity contribution is -0.139. The van der Waals surface area contributed by atoms with E-state index in [2.05, 4.69) is 23.7 Å². The van der Waals surface area contributed by atoms with E-state index in [1.165, 1.54) is 0 Å². The van der Waals surface area contributed by atoms with Gasteiger partial charge < -0.3 is 15.0 Å². The molecule has 2 unspecified atom stereocenters. The zero-order chi connectivity index (χ0) is 25.1. The number of carbonyl (C=O) groups excluding carboxylic acids is 3. The third-order valence-corrected chi connectivity index (χ3v) is 6.96. The molecule has 1 aromatic rings. The Morgan fingerprint density at radius 1 is 1.29 bits per heavy atom. The second-order valence-electron chi connectivity index (χ2n) is 9.31. The Morgan fingerprint density at radius 2 is 2.06 bits per heavy atom. The van der Waals surface area contributed by atoms with Crippen molar-refractivity contribution in [3.63, 3.8) is 0 Å². The Hall–Kier alpha value is -2.84. The highest BCUT2D eigenvalue weighted by molar-refractivity contribution is 6.30. The molecule has 1 aromatic carbocycles. The van der Waals surface area contributed by atoms with Crippen LogP contribution in [0, 0.1) is 5.92 Å². The number of benzene rings is 1. The molecule has 3 aliphatic rings. The van der Waals surface area contributed by atoms with Crippen molar-refractivity contribution < 1.29 is 19.1 Å². The molecule has 9 heteroatoms. The van der Waals surface area contributed by atoms with E-state index in [4.69, 9.17) is 16.3 Å². The van der Waals surface area contributed by atoms with Crippen LogP contribution in [0.15, 0.2) is 48.2 Å². The van der Waals surface area contributed by atoms with Gasteiger partial charge in [-0.1, -0.05) is 29.8 Å². The highest BCUT2D eigenvalue weighted by Gasteiger charge is 2.41. The average Bonchev–Trinajstić information content (AvgIpc) is 3.66. The Kier molecular flexibility index (Phi) is 7.82. The van der Waals surface area contributed by atoms with Gasteiger partial charge >= 0.3 is 12.0 Å². The molecule has 2 heterocycles. The van der Waals surface area contributed by atoms with Crippen LogP contribution in [0.5, 0.6) is 0 Å². The molecule has 35 heavy (non-hydrogen) atoms. The Labute approximate surface area is 211 Å². The van der Waals surface area contributed by atoms with Crippen molar-refractivity contribution in [2.24, 2.45) is 5.92 Å². The second kappa shape index (κ2) is 10.8. The van der Waals surface area contributed by atoms with E-state index in [0.717, 1.165) is 12.8 Å². The zero-order valence-corrected chi connectivity index (χ0v) is 21.1. The van der Waals surface area contributed by atoms with Crippen LogP contribution in [0.25, 0.3) is 0 Å². The molecule has 2 fully saturated rings. The van der Waals surface area contributed by atoms with Crippen molar-refractivity contribution >= 4 is 29.5 Å². The molecule has 0 aromatic heterocycles. The molecule has 3 amide bonds. The third kappa shape index (κ3) is 5.54. The molecule has 0 spiro atoms. The number of amides is 3. The monoisotopic (exact) mass is 500 g/mol. The van der Waals surface area contributed by atoms with Gasteiger partial charge in [0.15, 0.2) is 0 Å². The summed E-state index contributed by atoms with van der Waals surface area (Å²) >= 11 is 6.23. The molecular formula is C26H33ClN4O4. The molecule has 1 saturated heterocycles. The fourth-order valence-electron chi connectivity index (χ4n) is 4.86. The quantitative estimate of drug-likeness (QED) is 0.437. The highest BCUT2D eigenvalue weighted by Crippen LogP contribution is 2.34. The molecule has 1 saturated carbocycles. The van der Waals surface area contributed by atoms with E-state index in [1.54, 1.807) is 36.1 Å². The lowest BCUT2D eigenvalue weighted by Gasteiger charge is -2.43. The van der Waals surface area contributed by atoms with Gasteiger partial charge in [-0.3, -0.25) is 14.6 Å². The highest BCUT2D eigenvalue weighted by atomic mass is 35.5. The maximum atomic E-state index is 13.3. The SMILES string of the molecule is C=CCN1C(=O)NC(c2cccc(Cl)c2)C(C(=O)OCC)=C1CN1CCN(C(=O)C2CC2)C(C)C1. The van der Waals surface area contributed by atoms with Gasteiger partial charge in [0, 0.05) is 55.4 Å². The summed E-state index contributed by atoms with van der Waals surface area (Å²) in [5.74, 6) is -0.0437. The van der Waals surface area contributed by atoms with Crippen LogP contribution in [0.4, 0.5) is 4.79 Å². The standard InChI is InChI=1S/C26H33ClN4O4/c1-4-11-31-21(16-29-12-13-30(17(3)15-29)24(32)18-9-10-18)22(25(33)35-5-2)23(28-26(31)34)19-7-6-8-20(27)14-19/h4,6-8,14,17-18,23H,1,5,9-13,15-16H2,2-3H3,(H,28,34). The molecule has 188 valence electrons. The first kappa shape index (κ1) is 25.3. The maximum Gasteiger partial charge on any atom is 0.338 e. The number of hydrogen-bond donors (Lipinski definition) is 1. The van der Waals surface area contributed by atoms with Gasteiger partial charge in [-0.15, -0.1) is 6.58 Å². The first-order valence-corrected chi connectivity index (χ1v) is 12.6. The van der Waals surface area contributed by atoms with Crippen molar-refractivity contribution in [2.75, 3.05) is 39.3 Å². The van der Waals surface area contributed by atoms with Crippen molar-refractivity contribution in [1.29, 1.82) is 0 Å². The summed E-state index contributed by atoms with van der Waals surface area (Å²) in [5, 5.41) is 3.47. The average molecular weight is 501 g/mol. The number of nitrogens with one attached hydrogen (secondary N) is 1. The van der Waals surface area contributed by atoms with Crippen LogP contribution in [0.1, 0.15) is 38.3 Å².